The number of hydrazine groups is 1. The van der Waals surface area contributed by atoms with E-state index in [-0.39, 0.29) is 17.4 Å². The third-order valence-corrected chi connectivity index (χ3v) is 2.11. The Morgan fingerprint density at radius 2 is 2.12 bits per heavy atom. The molecule has 92 valence electrons. The van der Waals surface area contributed by atoms with Gasteiger partial charge in [0.25, 0.3) is 5.91 Å². The van der Waals surface area contributed by atoms with E-state index in [1.807, 2.05) is 0 Å². The summed E-state index contributed by atoms with van der Waals surface area (Å²) in [7, 11) is 0. The van der Waals surface area contributed by atoms with Crippen molar-refractivity contribution in [3.05, 3.63) is 35.9 Å². The van der Waals surface area contributed by atoms with Crippen molar-refractivity contribution in [2.75, 3.05) is 6.54 Å². The summed E-state index contributed by atoms with van der Waals surface area (Å²) in [6.07, 6.45) is 3.69. The van der Waals surface area contributed by atoms with E-state index in [0.29, 0.717) is 13.0 Å². The van der Waals surface area contributed by atoms with Crippen LogP contribution in [0.15, 0.2) is 30.4 Å². The van der Waals surface area contributed by atoms with E-state index in [0.717, 1.165) is 5.56 Å². The fourth-order valence-electron chi connectivity index (χ4n) is 1.27. The molecule has 0 saturated heterocycles. The standard InChI is InChI=1S/C12H16N2O3/c1-2-3-12(17)14-13-7-6-9-4-5-10(15)11(16)8-9/h2-5,8,13,15-16H,6-7H2,1H3,(H,14,17). The van der Waals surface area contributed by atoms with Crippen LogP contribution in [0.2, 0.25) is 0 Å². The maximum absolute atomic E-state index is 11.0. The van der Waals surface area contributed by atoms with Gasteiger partial charge in [0, 0.05) is 6.54 Å². The van der Waals surface area contributed by atoms with Crippen LogP contribution in [0, 0.1) is 0 Å². The second-order valence-electron chi connectivity index (χ2n) is 3.49. The Morgan fingerprint density at radius 1 is 1.35 bits per heavy atom. The SMILES string of the molecule is CC=CC(=O)NNCCc1ccc(O)c(O)c1. The fraction of sp³-hybridized carbons (Fsp3) is 0.250. The largest absolute Gasteiger partial charge is 0.504 e. The van der Waals surface area contributed by atoms with E-state index < -0.39 is 0 Å². The number of rotatable bonds is 5. The molecule has 0 heterocycles. The monoisotopic (exact) mass is 236 g/mol. The molecule has 1 aromatic carbocycles. The third kappa shape index (κ3) is 4.56. The number of aromatic hydroxyl groups is 2. The molecule has 0 aliphatic carbocycles. The Bertz CT molecular complexity index is 416. The number of phenols is 2. The Morgan fingerprint density at radius 3 is 2.76 bits per heavy atom. The molecule has 0 atom stereocenters. The molecule has 1 rings (SSSR count). The summed E-state index contributed by atoms with van der Waals surface area (Å²) in [6.45, 7) is 2.30. The summed E-state index contributed by atoms with van der Waals surface area (Å²) in [5.41, 5.74) is 6.12. The van der Waals surface area contributed by atoms with Crippen molar-refractivity contribution in [2.24, 2.45) is 0 Å². The summed E-state index contributed by atoms with van der Waals surface area (Å²) in [5.74, 6) is -0.482. The van der Waals surface area contributed by atoms with Gasteiger partial charge in [-0.3, -0.25) is 10.2 Å². The number of amides is 1. The van der Waals surface area contributed by atoms with Crippen molar-refractivity contribution >= 4 is 5.91 Å². The molecule has 1 aromatic rings. The van der Waals surface area contributed by atoms with Gasteiger partial charge in [0.2, 0.25) is 0 Å². The van der Waals surface area contributed by atoms with Crippen molar-refractivity contribution in [3.8, 4) is 11.5 Å². The number of hydrogen-bond donors (Lipinski definition) is 4. The number of phenolic OH excluding ortho intramolecular Hbond substituents is 2. The van der Waals surface area contributed by atoms with E-state index in [1.165, 1.54) is 18.2 Å². The lowest BCUT2D eigenvalue weighted by Gasteiger charge is -2.06. The van der Waals surface area contributed by atoms with Crippen molar-refractivity contribution in [2.45, 2.75) is 13.3 Å². The van der Waals surface area contributed by atoms with Gasteiger partial charge in [-0.05, 0) is 37.1 Å². The van der Waals surface area contributed by atoms with Gasteiger partial charge >= 0.3 is 0 Å². The maximum atomic E-state index is 11.0. The first-order valence-corrected chi connectivity index (χ1v) is 5.30. The van der Waals surface area contributed by atoms with Crippen LogP contribution < -0.4 is 10.9 Å². The smallest absolute Gasteiger partial charge is 0.257 e. The van der Waals surface area contributed by atoms with E-state index in [2.05, 4.69) is 10.9 Å². The summed E-state index contributed by atoms with van der Waals surface area (Å²) < 4.78 is 0. The highest BCUT2D eigenvalue weighted by Crippen LogP contribution is 2.24. The van der Waals surface area contributed by atoms with E-state index in [9.17, 15) is 9.90 Å². The first kappa shape index (κ1) is 13.1. The van der Waals surface area contributed by atoms with Crippen LogP contribution in [0.25, 0.3) is 0 Å². The molecule has 1 amide bonds. The number of allylic oxidation sites excluding steroid dienone is 1. The van der Waals surface area contributed by atoms with Gasteiger partial charge in [-0.1, -0.05) is 12.1 Å². The second-order valence-corrected chi connectivity index (χ2v) is 3.49. The first-order valence-electron chi connectivity index (χ1n) is 5.30. The summed E-state index contributed by atoms with van der Waals surface area (Å²) in [5, 5.41) is 18.4. The quantitative estimate of drug-likeness (QED) is 0.264. The van der Waals surface area contributed by atoms with E-state index in [4.69, 9.17) is 5.11 Å². The number of carbonyl (C=O) groups excluding carboxylic acids is 1. The molecule has 5 heteroatoms. The van der Waals surface area contributed by atoms with Crippen molar-refractivity contribution in [3.63, 3.8) is 0 Å². The molecule has 0 aromatic heterocycles. The van der Waals surface area contributed by atoms with Gasteiger partial charge in [0.1, 0.15) is 0 Å². The highest BCUT2D eigenvalue weighted by Gasteiger charge is 2.00. The molecule has 0 aliphatic heterocycles. The Hall–Kier alpha value is -2.01. The summed E-state index contributed by atoms with van der Waals surface area (Å²) in [6, 6.07) is 4.64. The molecule has 0 bridgehead atoms. The predicted octanol–water partition coefficient (Wildman–Crippen LogP) is 0.837. The van der Waals surface area contributed by atoms with Crippen LogP contribution >= 0.6 is 0 Å². The molecule has 0 radical (unpaired) electrons. The highest BCUT2D eigenvalue weighted by molar-refractivity contribution is 5.86. The molecule has 0 spiro atoms. The Kier molecular flexibility index (Phi) is 5.03. The lowest BCUT2D eigenvalue weighted by atomic mass is 10.1. The minimum Gasteiger partial charge on any atom is -0.504 e. The molecule has 0 fully saturated rings. The Balaban J connectivity index is 2.31. The van der Waals surface area contributed by atoms with Crippen molar-refractivity contribution in [1.29, 1.82) is 0 Å². The molecule has 0 saturated carbocycles. The lowest BCUT2D eigenvalue weighted by Crippen LogP contribution is -2.37. The van der Waals surface area contributed by atoms with Crippen molar-refractivity contribution in [1.82, 2.24) is 10.9 Å². The lowest BCUT2D eigenvalue weighted by molar-refractivity contribution is -0.117. The molecule has 0 aliphatic rings. The average molecular weight is 236 g/mol. The zero-order valence-electron chi connectivity index (χ0n) is 9.60. The highest BCUT2D eigenvalue weighted by atomic mass is 16.3. The van der Waals surface area contributed by atoms with Gasteiger partial charge < -0.3 is 10.2 Å². The number of carbonyl (C=O) groups is 1. The average Bonchev–Trinajstić information content (AvgIpc) is 2.29. The topological polar surface area (TPSA) is 81.6 Å². The number of hydrogen-bond acceptors (Lipinski definition) is 4. The van der Waals surface area contributed by atoms with Gasteiger partial charge in [-0.25, -0.2) is 5.43 Å². The zero-order valence-corrected chi connectivity index (χ0v) is 9.60. The van der Waals surface area contributed by atoms with Gasteiger partial charge in [0.15, 0.2) is 11.5 Å². The van der Waals surface area contributed by atoms with Gasteiger partial charge in [0.05, 0.1) is 0 Å². The van der Waals surface area contributed by atoms with Crippen LogP contribution in [0.3, 0.4) is 0 Å². The summed E-state index contributed by atoms with van der Waals surface area (Å²) >= 11 is 0. The van der Waals surface area contributed by atoms with E-state index >= 15 is 0 Å². The normalized spacial score (nSPS) is 10.6. The maximum Gasteiger partial charge on any atom is 0.257 e. The number of benzene rings is 1. The fourth-order valence-corrected chi connectivity index (χ4v) is 1.27. The van der Waals surface area contributed by atoms with Gasteiger partial charge in [-0.15, -0.1) is 0 Å². The van der Waals surface area contributed by atoms with Crippen LogP contribution in [0.4, 0.5) is 0 Å². The van der Waals surface area contributed by atoms with Crippen LogP contribution in [0.5, 0.6) is 11.5 Å². The Labute approximate surface area is 99.8 Å². The molecular formula is C12H16N2O3. The number of nitrogens with one attached hydrogen (secondary N) is 2. The third-order valence-electron chi connectivity index (χ3n) is 2.11. The van der Waals surface area contributed by atoms with Crippen LogP contribution in [0.1, 0.15) is 12.5 Å². The zero-order chi connectivity index (χ0) is 12.7. The first-order chi connectivity index (χ1) is 8.13. The summed E-state index contributed by atoms with van der Waals surface area (Å²) in [4.78, 5) is 11.0. The van der Waals surface area contributed by atoms with E-state index in [1.54, 1.807) is 19.1 Å². The van der Waals surface area contributed by atoms with Crippen LogP contribution in [-0.4, -0.2) is 22.7 Å². The van der Waals surface area contributed by atoms with Crippen LogP contribution in [-0.2, 0) is 11.2 Å². The molecule has 0 unspecified atom stereocenters. The molecule has 5 nitrogen and oxygen atoms in total. The minimum absolute atomic E-state index is 0.136. The second kappa shape index (κ2) is 6.55. The van der Waals surface area contributed by atoms with Crippen molar-refractivity contribution < 1.29 is 15.0 Å². The minimum atomic E-state index is -0.207. The molecule has 17 heavy (non-hydrogen) atoms. The van der Waals surface area contributed by atoms with Gasteiger partial charge in [-0.2, -0.15) is 0 Å². The molecular weight excluding hydrogens is 220 g/mol. The molecule has 4 N–H and O–H groups in total. The predicted molar refractivity (Wildman–Crippen MR) is 64.4 cm³/mol.